The van der Waals surface area contributed by atoms with Gasteiger partial charge in [0.1, 0.15) is 0 Å². The van der Waals surface area contributed by atoms with E-state index in [4.69, 9.17) is 14.3 Å². The molecule has 2 aromatic rings. The molecule has 2 aliphatic rings. The van der Waals surface area contributed by atoms with Crippen molar-refractivity contribution in [1.29, 1.82) is 0 Å². The van der Waals surface area contributed by atoms with Gasteiger partial charge in [0, 0.05) is 23.6 Å². The van der Waals surface area contributed by atoms with Crippen molar-refractivity contribution in [3.63, 3.8) is 0 Å². The minimum atomic E-state index is -3.70. The van der Waals surface area contributed by atoms with Gasteiger partial charge in [0.05, 0.1) is 17.0 Å². The molecule has 0 unspecified atom stereocenters. The minimum Gasteiger partial charge on any atom is -0.483 e. The Morgan fingerprint density at radius 2 is 2.11 bits per heavy atom. The monoisotopic (exact) mass is 398 g/mol. The van der Waals surface area contributed by atoms with Crippen LogP contribution in [0.25, 0.3) is 11.1 Å². The van der Waals surface area contributed by atoms with Crippen LogP contribution in [0.15, 0.2) is 32.3 Å². The van der Waals surface area contributed by atoms with Crippen LogP contribution >= 0.6 is 0 Å². The number of aliphatic hydroxyl groups is 1. The van der Waals surface area contributed by atoms with Gasteiger partial charge in [-0.1, -0.05) is 6.92 Å². The first-order chi connectivity index (χ1) is 12.8. The zero-order valence-corrected chi connectivity index (χ0v) is 15.6. The number of fused-ring (bicyclic) bond motifs is 3. The summed E-state index contributed by atoms with van der Waals surface area (Å²) in [6, 6.07) is 4.20. The SMILES string of the molecule is CC[C@@]1(CO)C[C@@H]2CC[C@H]1N2S(=O)(=O)c1ccc2[nH]c(=O)oc2c1.O=CO. The summed E-state index contributed by atoms with van der Waals surface area (Å²) in [6.45, 7) is 1.75. The summed E-state index contributed by atoms with van der Waals surface area (Å²) in [7, 11) is -3.70. The van der Waals surface area contributed by atoms with Gasteiger partial charge >= 0.3 is 5.76 Å². The fourth-order valence-corrected chi connectivity index (χ4v) is 6.44. The van der Waals surface area contributed by atoms with E-state index < -0.39 is 15.8 Å². The predicted octanol–water partition coefficient (Wildman–Crippen LogP) is 1.14. The molecule has 1 aromatic heterocycles. The number of aromatic amines is 1. The largest absolute Gasteiger partial charge is 0.483 e. The number of sulfonamides is 1. The number of hydrogen-bond acceptors (Lipinski definition) is 6. The number of carboxylic acid groups (broad SMARTS) is 1. The molecule has 4 rings (SSSR count). The van der Waals surface area contributed by atoms with E-state index in [1.54, 1.807) is 10.4 Å². The van der Waals surface area contributed by atoms with Gasteiger partial charge in [0.2, 0.25) is 10.0 Å². The average molecular weight is 398 g/mol. The molecule has 1 aromatic carbocycles. The first-order valence-electron chi connectivity index (χ1n) is 8.68. The highest BCUT2D eigenvalue weighted by Gasteiger charge is 2.58. The number of aromatic nitrogens is 1. The van der Waals surface area contributed by atoms with E-state index >= 15 is 0 Å². The molecule has 3 atom stereocenters. The van der Waals surface area contributed by atoms with E-state index in [1.165, 1.54) is 12.1 Å². The lowest BCUT2D eigenvalue weighted by Crippen LogP contribution is -2.42. The number of rotatable bonds is 4. The van der Waals surface area contributed by atoms with Crippen LogP contribution in [-0.4, -0.2) is 53.1 Å². The third-order valence-corrected chi connectivity index (χ3v) is 7.73. The highest BCUT2D eigenvalue weighted by Crippen LogP contribution is 2.53. The second kappa shape index (κ2) is 7.10. The molecule has 2 saturated heterocycles. The number of H-pyrrole nitrogens is 1. The molecule has 27 heavy (non-hydrogen) atoms. The lowest BCUT2D eigenvalue weighted by atomic mass is 9.72. The third kappa shape index (κ3) is 3.07. The predicted molar refractivity (Wildman–Crippen MR) is 95.8 cm³/mol. The smallest absolute Gasteiger partial charge is 0.417 e. The second-order valence-corrected chi connectivity index (χ2v) is 8.78. The lowest BCUT2D eigenvalue weighted by Gasteiger charge is -2.34. The van der Waals surface area contributed by atoms with Gasteiger partial charge in [-0.15, -0.1) is 0 Å². The maximum Gasteiger partial charge on any atom is 0.417 e. The average Bonchev–Trinajstić information content (AvgIpc) is 3.31. The molecule has 10 heteroatoms. The van der Waals surface area contributed by atoms with Crippen LogP contribution in [0.2, 0.25) is 0 Å². The highest BCUT2D eigenvalue weighted by atomic mass is 32.2. The molecule has 148 valence electrons. The van der Waals surface area contributed by atoms with Gasteiger partial charge < -0.3 is 14.6 Å². The van der Waals surface area contributed by atoms with Crippen molar-refractivity contribution in [2.75, 3.05) is 6.61 Å². The van der Waals surface area contributed by atoms with Gasteiger partial charge in [-0.3, -0.25) is 9.78 Å². The Bertz CT molecular complexity index is 990. The van der Waals surface area contributed by atoms with Crippen LogP contribution in [-0.2, 0) is 14.8 Å². The molecule has 2 aliphatic heterocycles. The van der Waals surface area contributed by atoms with Crippen molar-refractivity contribution in [2.24, 2.45) is 5.41 Å². The number of carbonyl (C=O) groups is 1. The number of hydrogen-bond donors (Lipinski definition) is 3. The zero-order valence-electron chi connectivity index (χ0n) is 14.8. The zero-order chi connectivity index (χ0) is 19.8. The summed E-state index contributed by atoms with van der Waals surface area (Å²) < 4.78 is 32.9. The number of oxazole rings is 1. The van der Waals surface area contributed by atoms with Crippen molar-refractivity contribution in [3.8, 4) is 0 Å². The topological polar surface area (TPSA) is 141 Å². The molecule has 0 saturated carbocycles. The molecule has 3 heterocycles. The second-order valence-electron chi connectivity index (χ2n) is 6.94. The van der Waals surface area contributed by atoms with Crippen LogP contribution < -0.4 is 5.76 Å². The Morgan fingerprint density at radius 1 is 1.41 bits per heavy atom. The van der Waals surface area contributed by atoms with Crippen LogP contribution in [0.3, 0.4) is 0 Å². The van der Waals surface area contributed by atoms with Crippen molar-refractivity contribution in [2.45, 2.75) is 49.6 Å². The van der Waals surface area contributed by atoms with Crippen LogP contribution in [0.1, 0.15) is 32.6 Å². The Morgan fingerprint density at radius 3 is 2.70 bits per heavy atom. The quantitative estimate of drug-likeness (QED) is 0.656. The molecule has 0 aliphatic carbocycles. The summed E-state index contributed by atoms with van der Waals surface area (Å²) >= 11 is 0. The lowest BCUT2D eigenvalue weighted by molar-refractivity contribution is -0.122. The maximum absolute atomic E-state index is 13.2. The van der Waals surface area contributed by atoms with Crippen LogP contribution in [0.4, 0.5) is 0 Å². The number of nitrogens with zero attached hydrogens (tertiary/aromatic N) is 1. The molecule has 0 spiro atoms. The van der Waals surface area contributed by atoms with Crippen molar-refractivity contribution >= 4 is 27.6 Å². The van der Waals surface area contributed by atoms with Crippen molar-refractivity contribution < 1.29 is 27.8 Å². The normalized spacial score (nSPS) is 27.5. The van der Waals surface area contributed by atoms with Gasteiger partial charge in [0.15, 0.2) is 5.58 Å². The summed E-state index contributed by atoms with van der Waals surface area (Å²) in [5.41, 5.74) is 0.360. The van der Waals surface area contributed by atoms with E-state index in [1.807, 2.05) is 6.92 Å². The fraction of sp³-hybridized carbons (Fsp3) is 0.529. The van der Waals surface area contributed by atoms with Crippen molar-refractivity contribution in [3.05, 3.63) is 28.7 Å². The summed E-state index contributed by atoms with van der Waals surface area (Å²) in [5.74, 6) is -0.605. The maximum atomic E-state index is 13.2. The first-order valence-corrected chi connectivity index (χ1v) is 10.1. The first kappa shape index (κ1) is 19.6. The van der Waals surface area contributed by atoms with Gasteiger partial charge in [-0.25, -0.2) is 13.2 Å². The minimum absolute atomic E-state index is 0.00239. The Hall–Kier alpha value is -2.17. The molecule has 2 fully saturated rings. The number of nitrogens with one attached hydrogen (secondary N) is 1. The fourth-order valence-electron chi connectivity index (χ4n) is 4.47. The molecular weight excluding hydrogens is 376 g/mol. The van der Waals surface area contributed by atoms with E-state index in [9.17, 15) is 18.3 Å². The van der Waals surface area contributed by atoms with E-state index in [0.29, 0.717) is 11.9 Å². The Balaban J connectivity index is 0.000000659. The van der Waals surface area contributed by atoms with Gasteiger partial charge in [-0.05, 0) is 37.8 Å². The summed E-state index contributed by atoms with van der Waals surface area (Å²) in [4.78, 5) is 22.3. The Labute approximate surface area is 155 Å². The number of benzene rings is 1. The van der Waals surface area contributed by atoms with Crippen molar-refractivity contribution in [1.82, 2.24) is 9.29 Å². The highest BCUT2D eigenvalue weighted by molar-refractivity contribution is 7.89. The molecule has 2 bridgehead atoms. The Kier molecular flexibility index (Phi) is 5.15. The standard InChI is InChI=1S/C16H20N2O5S.CH2O2/c1-2-16(9-19)8-10-3-6-14(16)18(10)24(21,22)11-4-5-12-13(7-11)23-15(20)17-12;2-1-3/h4-5,7,10,14,19H,2-3,6,8-9H2,1H3,(H,17,20);1H,(H,2,3)/t10-,14+,16-;/m0./s1. The van der Waals surface area contributed by atoms with Gasteiger partial charge in [-0.2, -0.15) is 4.31 Å². The molecule has 0 amide bonds. The molecule has 9 nitrogen and oxygen atoms in total. The van der Waals surface area contributed by atoms with E-state index in [2.05, 4.69) is 4.98 Å². The summed E-state index contributed by atoms with van der Waals surface area (Å²) in [6.07, 6.45) is 3.06. The third-order valence-electron chi connectivity index (χ3n) is 5.78. The molecule has 3 N–H and O–H groups in total. The van der Waals surface area contributed by atoms with E-state index in [0.717, 1.165) is 19.3 Å². The number of aliphatic hydroxyl groups excluding tert-OH is 1. The van der Waals surface area contributed by atoms with Crippen LogP contribution in [0.5, 0.6) is 0 Å². The molecular formula is C17H22N2O7S. The van der Waals surface area contributed by atoms with Gasteiger partial charge in [0.25, 0.3) is 6.47 Å². The van der Waals surface area contributed by atoms with Crippen LogP contribution in [0, 0.1) is 5.41 Å². The molecule has 0 radical (unpaired) electrons. The van der Waals surface area contributed by atoms with E-state index in [-0.39, 0.29) is 41.1 Å². The summed E-state index contributed by atoms with van der Waals surface area (Å²) in [5, 5.41) is 16.8.